The lowest BCUT2D eigenvalue weighted by atomic mass is 10.1. The SMILES string of the molecule is CC(=O)C(Br)Cc1cc(F)ccc1Cl. The van der Waals surface area contributed by atoms with Crippen molar-refractivity contribution in [2.75, 3.05) is 0 Å². The lowest BCUT2D eigenvalue weighted by Crippen LogP contribution is -2.13. The van der Waals surface area contributed by atoms with E-state index in [4.69, 9.17) is 11.6 Å². The van der Waals surface area contributed by atoms with Gasteiger partial charge in [0.2, 0.25) is 0 Å². The first-order valence-electron chi connectivity index (χ1n) is 4.09. The first-order valence-corrected chi connectivity index (χ1v) is 5.38. The summed E-state index contributed by atoms with van der Waals surface area (Å²) in [4.78, 5) is 10.7. The molecule has 14 heavy (non-hydrogen) atoms. The standard InChI is InChI=1S/C10H9BrClFO/c1-6(14)9(11)5-7-4-8(13)2-3-10(7)12/h2-4,9H,5H2,1H3. The Bertz CT molecular complexity index is 354. The van der Waals surface area contributed by atoms with Crippen LogP contribution in [0.3, 0.4) is 0 Å². The number of benzene rings is 1. The Morgan fingerprint density at radius 1 is 1.64 bits per heavy atom. The molecule has 1 nitrogen and oxygen atoms in total. The van der Waals surface area contributed by atoms with Crippen molar-refractivity contribution in [3.05, 3.63) is 34.6 Å². The molecule has 0 N–H and O–H groups in total. The fraction of sp³-hybridized carbons (Fsp3) is 0.300. The van der Waals surface area contributed by atoms with Crippen molar-refractivity contribution in [2.24, 2.45) is 0 Å². The van der Waals surface area contributed by atoms with Crippen LogP contribution in [0, 0.1) is 5.82 Å². The van der Waals surface area contributed by atoms with E-state index in [0.29, 0.717) is 17.0 Å². The van der Waals surface area contributed by atoms with E-state index in [2.05, 4.69) is 15.9 Å². The third-order valence-corrected chi connectivity index (χ3v) is 3.19. The van der Waals surface area contributed by atoms with E-state index >= 15 is 0 Å². The smallest absolute Gasteiger partial charge is 0.143 e. The first kappa shape index (κ1) is 11.7. The molecule has 0 amide bonds. The molecule has 1 unspecified atom stereocenters. The number of alkyl halides is 1. The van der Waals surface area contributed by atoms with Crippen LogP contribution in [0.2, 0.25) is 5.02 Å². The van der Waals surface area contributed by atoms with Crippen LogP contribution in [-0.2, 0) is 11.2 Å². The summed E-state index contributed by atoms with van der Waals surface area (Å²) in [5.41, 5.74) is 0.642. The molecule has 0 aromatic heterocycles. The van der Waals surface area contributed by atoms with Crippen molar-refractivity contribution in [1.29, 1.82) is 0 Å². The zero-order chi connectivity index (χ0) is 10.7. The molecule has 1 aromatic rings. The van der Waals surface area contributed by atoms with Gasteiger partial charge in [-0.1, -0.05) is 27.5 Å². The minimum absolute atomic E-state index is 0.00493. The normalized spacial score (nSPS) is 12.6. The maximum Gasteiger partial charge on any atom is 0.143 e. The topological polar surface area (TPSA) is 17.1 Å². The second kappa shape index (κ2) is 4.89. The summed E-state index contributed by atoms with van der Waals surface area (Å²) < 4.78 is 12.8. The van der Waals surface area contributed by atoms with E-state index in [9.17, 15) is 9.18 Å². The number of hydrogen-bond donors (Lipinski definition) is 0. The second-order valence-corrected chi connectivity index (χ2v) is 4.53. The van der Waals surface area contributed by atoms with Crippen LogP contribution in [-0.4, -0.2) is 10.6 Å². The minimum atomic E-state index is -0.340. The zero-order valence-electron chi connectivity index (χ0n) is 7.56. The number of rotatable bonds is 3. The molecule has 1 aromatic carbocycles. The summed E-state index contributed by atoms with van der Waals surface area (Å²) in [5.74, 6) is -0.335. The monoisotopic (exact) mass is 278 g/mol. The highest BCUT2D eigenvalue weighted by molar-refractivity contribution is 9.10. The van der Waals surface area contributed by atoms with E-state index in [-0.39, 0.29) is 16.4 Å². The molecule has 0 heterocycles. The Labute approximate surface area is 95.4 Å². The van der Waals surface area contributed by atoms with Gasteiger partial charge in [0.25, 0.3) is 0 Å². The van der Waals surface area contributed by atoms with Gasteiger partial charge in [0.05, 0.1) is 4.83 Å². The molecule has 1 rings (SSSR count). The molecule has 76 valence electrons. The third-order valence-electron chi connectivity index (χ3n) is 1.85. The summed E-state index contributed by atoms with van der Waals surface area (Å²) in [7, 11) is 0. The Morgan fingerprint density at radius 3 is 2.86 bits per heavy atom. The number of carbonyl (C=O) groups excluding carboxylic acids is 1. The number of ketones is 1. The minimum Gasteiger partial charge on any atom is -0.299 e. The lowest BCUT2D eigenvalue weighted by Gasteiger charge is -2.07. The second-order valence-electron chi connectivity index (χ2n) is 3.02. The van der Waals surface area contributed by atoms with Crippen LogP contribution in [0.15, 0.2) is 18.2 Å². The van der Waals surface area contributed by atoms with Gasteiger partial charge in [-0.15, -0.1) is 0 Å². The van der Waals surface area contributed by atoms with E-state index in [1.807, 2.05) is 0 Å². The molecule has 1 atom stereocenters. The van der Waals surface area contributed by atoms with Crippen molar-refractivity contribution in [3.8, 4) is 0 Å². The van der Waals surface area contributed by atoms with E-state index in [1.165, 1.54) is 25.1 Å². The number of hydrogen-bond acceptors (Lipinski definition) is 1. The van der Waals surface area contributed by atoms with E-state index < -0.39 is 0 Å². The van der Waals surface area contributed by atoms with Crippen molar-refractivity contribution in [2.45, 2.75) is 18.2 Å². The Hall–Kier alpha value is -0.410. The van der Waals surface area contributed by atoms with Crippen LogP contribution in [0.25, 0.3) is 0 Å². The van der Waals surface area contributed by atoms with Gasteiger partial charge in [-0.05, 0) is 37.1 Å². The number of Topliss-reactive ketones (excluding diaryl/α,β-unsaturated/α-hetero) is 1. The maximum absolute atomic E-state index is 12.8. The van der Waals surface area contributed by atoms with Crippen LogP contribution in [0.5, 0.6) is 0 Å². The van der Waals surface area contributed by atoms with Crippen molar-refractivity contribution in [1.82, 2.24) is 0 Å². The van der Waals surface area contributed by atoms with Gasteiger partial charge in [-0.2, -0.15) is 0 Å². The Morgan fingerprint density at radius 2 is 2.29 bits per heavy atom. The van der Waals surface area contributed by atoms with Crippen molar-refractivity contribution >= 4 is 33.3 Å². The van der Waals surface area contributed by atoms with Gasteiger partial charge in [-0.3, -0.25) is 4.79 Å². The van der Waals surface area contributed by atoms with Crippen LogP contribution >= 0.6 is 27.5 Å². The molecule has 0 aliphatic carbocycles. The zero-order valence-corrected chi connectivity index (χ0v) is 9.90. The fourth-order valence-electron chi connectivity index (χ4n) is 1.04. The fourth-order valence-corrected chi connectivity index (χ4v) is 1.58. The van der Waals surface area contributed by atoms with Crippen LogP contribution in [0.4, 0.5) is 4.39 Å². The quantitative estimate of drug-likeness (QED) is 0.775. The molecule has 0 aliphatic rings. The number of carbonyl (C=O) groups is 1. The average Bonchev–Trinajstić information content (AvgIpc) is 2.11. The van der Waals surface area contributed by atoms with Gasteiger partial charge in [0.1, 0.15) is 11.6 Å². The van der Waals surface area contributed by atoms with Gasteiger partial charge < -0.3 is 0 Å². The molecular weight excluding hydrogens is 270 g/mol. The molecule has 0 radical (unpaired) electrons. The van der Waals surface area contributed by atoms with Gasteiger partial charge in [0, 0.05) is 5.02 Å². The summed E-state index contributed by atoms with van der Waals surface area (Å²) in [6.07, 6.45) is 0.409. The summed E-state index contributed by atoms with van der Waals surface area (Å²) in [6, 6.07) is 4.13. The Balaban J connectivity index is 2.85. The van der Waals surface area contributed by atoms with Gasteiger partial charge >= 0.3 is 0 Å². The van der Waals surface area contributed by atoms with Gasteiger partial charge in [-0.25, -0.2) is 4.39 Å². The predicted molar refractivity (Wildman–Crippen MR) is 58.5 cm³/mol. The Kier molecular flexibility index (Phi) is 4.08. The average molecular weight is 280 g/mol. The van der Waals surface area contributed by atoms with Crippen LogP contribution in [0.1, 0.15) is 12.5 Å². The molecule has 0 saturated carbocycles. The number of halogens is 3. The highest BCUT2D eigenvalue weighted by Crippen LogP contribution is 2.21. The largest absolute Gasteiger partial charge is 0.299 e. The lowest BCUT2D eigenvalue weighted by molar-refractivity contribution is -0.116. The molecule has 0 aliphatic heterocycles. The third kappa shape index (κ3) is 3.07. The van der Waals surface area contributed by atoms with E-state index in [1.54, 1.807) is 0 Å². The maximum atomic E-state index is 12.8. The van der Waals surface area contributed by atoms with Gasteiger partial charge in [0.15, 0.2) is 0 Å². The molecule has 0 fully saturated rings. The highest BCUT2D eigenvalue weighted by atomic mass is 79.9. The predicted octanol–water partition coefficient (Wildman–Crippen LogP) is 3.37. The van der Waals surface area contributed by atoms with Crippen LogP contribution < -0.4 is 0 Å². The summed E-state index contributed by atoms with van der Waals surface area (Å²) >= 11 is 9.05. The molecule has 0 saturated heterocycles. The molecule has 0 spiro atoms. The van der Waals surface area contributed by atoms with Crippen molar-refractivity contribution in [3.63, 3.8) is 0 Å². The molecular formula is C10H9BrClFO. The summed E-state index contributed by atoms with van der Waals surface area (Å²) in [5, 5.41) is 0.483. The summed E-state index contributed by atoms with van der Waals surface area (Å²) in [6.45, 7) is 1.48. The van der Waals surface area contributed by atoms with Crippen molar-refractivity contribution < 1.29 is 9.18 Å². The first-order chi connectivity index (χ1) is 6.50. The van der Waals surface area contributed by atoms with E-state index in [0.717, 1.165) is 0 Å². The molecule has 0 bridgehead atoms. The molecule has 4 heteroatoms. The highest BCUT2D eigenvalue weighted by Gasteiger charge is 2.13.